The summed E-state index contributed by atoms with van der Waals surface area (Å²) in [6, 6.07) is -1.51. The third kappa shape index (κ3) is 3.86. The molecule has 0 aromatic carbocycles. The van der Waals surface area contributed by atoms with Crippen molar-refractivity contribution < 1.29 is 18.0 Å². The summed E-state index contributed by atoms with van der Waals surface area (Å²) in [5.74, 6) is 0.213. The SMILES string of the molecule is O=C(NCCC1CCCC(C(F)(F)F)N1)C1CC1. The van der Waals surface area contributed by atoms with Crippen molar-refractivity contribution in [3.63, 3.8) is 0 Å². The quantitative estimate of drug-likeness (QED) is 0.815. The topological polar surface area (TPSA) is 41.1 Å². The molecule has 1 aliphatic carbocycles. The molecular formula is C12H19F3N2O. The molecule has 1 amide bonds. The predicted octanol–water partition coefficient (Wildman–Crippen LogP) is 1.98. The minimum absolute atomic E-state index is 0.0539. The monoisotopic (exact) mass is 264 g/mol. The zero-order valence-electron chi connectivity index (χ0n) is 10.2. The Bertz CT molecular complexity index is 302. The van der Waals surface area contributed by atoms with Gasteiger partial charge in [0.1, 0.15) is 6.04 Å². The van der Waals surface area contributed by atoms with Crippen LogP contribution < -0.4 is 10.6 Å². The number of piperidine rings is 1. The van der Waals surface area contributed by atoms with Crippen LogP contribution in [0.15, 0.2) is 0 Å². The summed E-state index contributed by atoms with van der Waals surface area (Å²) in [5, 5.41) is 5.42. The Morgan fingerprint density at radius 1 is 1.22 bits per heavy atom. The normalized spacial score (nSPS) is 29.1. The molecule has 104 valence electrons. The van der Waals surface area contributed by atoms with Crippen LogP contribution in [0, 0.1) is 5.92 Å². The lowest BCUT2D eigenvalue weighted by Crippen LogP contribution is -2.51. The van der Waals surface area contributed by atoms with Crippen molar-refractivity contribution in [3.8, 4) is 0 Å². The van der Waals surface area contributed by atoms with Gasteiger partial charge in [-0.15, -0.1) is 0 Å². The van der Waals surface area contributed by atoms with E-state index >= 15 is 0 Å². The molecule has 2 atom stereocenters. The Balaban J connectivity index is 1.67. The third-order valence-corrected chi connectivity index (χ3v) is 3.62. The van der Waals surface area contributed by atoms with Gasteiger partial charge in [-0.05, 0) is 32.1 Å². The van der Waals surface area contributed by atoms with E-state index in [1.54, 1.807) is 0 Å². The van der Waals surface area contributed by atoms with E-state index in [-0.39, 0.29) is 24.3 Å². The highest BCUT2D eigenvalue weighted by Crippen LogP contribution is 2.29. The fourth-order valence-electron chi connectivity index (χ4n) is 2.36. The summed E-state index contributed by atoms with van der Waals surface area (Å²) < 4.78 is 37.6. The standard InChI is InChI=1S/C12H19F3N2O/c13-12(14,15)10-3-1-2-9(17-10)6-7-16-11(18)8-4-5-8/h8-10,17H,1-7H2,(H,16,18). The van der Waals surface area contributed by atoms with Gasteiger partial charge in [0.2, 0.25) is 5.91 Å². The maximum Gasteiger partial charge on any atom is 0.403 e. The molecule has 3 nitrogen and oxygen atoms in total. The number of hydrogen-bond donors (Lipinski definition) is 2. The Morgan fingerprint density at radius 2 is 1.94 bits per heavy atom. The van der Waals surface area contributed by atoms with E-state index in [1.165, 1.54) is 0 Å². The highest BCUT2D eigenvalue weighted by atomic mass is 19.4. The van der Waals surface area contributed by atoms with E-state index in [2.05, 4.69) is 10.6 Å². The second kappa shape index (κ2) is 5.47. The Morgan fingerprint density at radius 3 is 2.56 bits per heavy atom. The van der Waals surface area contributed by atoms with Gasteiger partial charge in [-0.3, -0.25) is 4.79 Å². The zero-order chi connectivity index (χ0) is 13.2. The Kier molecular flexibility index (Phi) is 4.14. The summed E-state index contributed by atoms with van der Waals surface area (Å²) >= 11 is 0. The van der Waals surface area contributed by atoms with E-state index < -0.39 is 12.2 Å². The Labute approximate surface area is 104 Å². The first-order valence-electron chi connectivity index (χ1n) is 6.57. The molecule has 2 N–H and O–H groups in total. The minimum atomic E-state index is -4.16. The summed E-state index contributed by atoms with van der Waals surface area (Å²) in [5.41, 5.74) is 0. The molecule has 1 heterocycles. The molecular weight excluding hydrogens is 245 g/mol. The summed E-state index contributed by atoms with van der Waals surface area (Å²) in [7, 11) is 0. The number of nitrogens with one attached hydrogen (secondary N) is 2. The molecule has 1 saturated carbocycles. The van der Waals surface area contributed by atoms with Crippen LogP contribution in [0.2, 0.25) is 0 Å². The van der Waals surface area contributed by atoms with Gasteiger partial charge in [-0.2, -0.15) is 13.2 Å². The van der Waals surface area contributed by atoms with Crippen molar-refractivity contribution in [3.05, 3.63) is 0 Å². The third-order valence-electron chi connectivity index (χ3n) is 3.62. The molecule has 2 aliphatic rings. The van der Waals surface area contributed by atoms with Gasteiger partial charge in [0, 0.05) is 18.5 Å². The van der Waals surface area contributed by atoms with Crippen molar-refractivity contribution in [1.29, 1.82) is 0 Å². The molecule has 2 unspecified atom stereocenters. The number of carbonyl (C=O) groups excluding carboxylic acids is 1. The van der Waals surface area contributed by atoms with Crippen molar-refractivity contribution in [2.45, 2.75) is 56.8 Å². The molecule has 0 bridgehead atoms. The zero-order valence-corrected chi connectivity index (χ0v) is 10.2. The molecule has 1 aliphatic heterocycles. The second-order valence-corrected chi connectivity index (χ2v) is 5.24. The summed E-state index contributed by atoms with van der Waals surface area (Å²) in [6.07, 6.45) is -0.174. The van der Waals surface area contributed by atoms with Crippen LogP contribution in [0.5, 0.6) is 0 Å². The van der Waals surface area contributed by atoms with Crippen LogP contribution >= 0.6 is 0 Å². The fraction of sp³-hybridized carbons (Fsp3) is 0.917. The van der Waals surface area contributed by atoms with Gasteiger partial charge >= 0.3 is 6.18 Å². The average molecular weight is 264 g/mol. The predicted molar refractivity (Wildman–Crippen MR) is 61.0 cm³/mol. The van der Waals surface area contributed by atoms with Crippen LogP contribution in [0.3, 0.4) is 0 Å². The van der Waals surface area contributed by atoms with Gasteiger partial charge in [0.05, 0.1) is 0 Å². The highest BCUT2D eigenvalue weighted by Gasteiger charge is 2.41. The highest BCUT2D eigenvalue weighted by molar-refractivity contribution is 5.80. The van der Waals surface area contributed by atoms with Crippen molar-refractivity contribution in [2.75, 3.05) is 6.54 Å². The van der Waals surface area contributed by atoms with E-state index in [0.717, 1.165) is 19.3 Å². The van der Waals surface area contributed by atoms with Crippen molar-refractivity contribution in [1.82, 2.24) is 10.6 Å². The first-order chi connectivity index (χ1) is 8.47. The lowest BCUT2D eigenvalue weighted by atomic mass is 9.96. The molecule has 18 heavy (non-hydrogen) atoms. The van der Waals surface area contributed by atoms with Gasteiger partial charge in [-0.1, -0.05) is 6.42 Å². The lowest BCUT2D eigenvalue weighted by Gasteiger charge is -2.32. The van der Waals surface area contributed by atoms with Crippen molar-refractivity contribution in [2.24, 2.45) is 5.92 Å². The Hall–Kier alpha value is -0.780. The van der Waals surface area contributed by atoms with Crippen LogP contribution in [-0.4, -0.2) is 30.7 Å². The van der Waals surface area contributed by atoms with Crippen LogP contribution in [-0.2, 0) is 4.79 Å². The lowest BCUT2D eigenvalue weighted by molar-refractivity contribution is -0.163. The number of alkyl halides is 3. The van der Waals surface area contributed by atoms with E-state index in [4.69, 9.17) is 0 Å². The summed E-state index contributed by atoms with van der Waals surface area (Å²) in [6.45, 7) is 0.470. The second-order valence-electron chi connectivity index (χ2n) is 5.24. The summed E-state index contributed by atoms with van der Waals surface area (Å²) in [4.78, 5) is 11.4. The first-order valence-corrected chi connectivity index (χ1v) is 6.57. The van der Waals surface area contributed by atoms with Gasteiger partial charge in [-0.25, -0.2) is 0 Å². The van der Waals surface area contributed by atoms with Gasteiger partial charge in [0.15, 0.2) is 0 Å². The number of amides is 1. The minimum Gasteiger partial charge on any atom is -0.356 e. The molecule has 0 spiro atoms. The van der Waals surface area contributed by atoms with E-state index in [0.29, 0.717) is 19.4 Å². The van der Waals surface area contributed by atoms with Crippen LogP contribution in [0.4, 0.5) is 13.2 Å². The van der Waals surface area contributed by atoms with Crippen molar-refractivity contribution >= 4 is 5.91 Å². The number of carbonyl (C=O) groups is 1. The first kappa shape index (κ1) is 13.6. The maximum absolute atomic E-state index is 12.5. The molecule has 2 rings (SSSR count). The average Bonchev–Trinajstić information content (AvgIpc) is 3.12. The van der Waals surface area contributed by atoms with Crippen LogP contribution in [0.1, 0.15) is 38.5 Å². The van der Waals surface area contributed by atoms with Gasteiger partial charge < -0.3 is 10.6 Å². The molecule has 0 aromatic heterocycles. The fourth-order valence-corrected chi connectivity index (χ4v) is 2.36. The van der Waals surface area contributed by atoms with Crippen LogP contribution in [0.25, 0.3) is 0 Å². The molecule has 0 radical (unpaired) electrons. The smallest absolute Gasteiger partial charge is 0.356 e. The number of hydrogen-bond acceptors (Lipinski definition) is 2. The maximum atomic E-state index is 12.5. The molecule has 1 saturated heterocycles. The van der Waals surface area contributed by atoms with Gasteiger partial charge in [0.25, 0.3) is 0 Å². The largest absolute Gasteiger partial charge is 0.403 e. The van der Waals surface area contributed by atoms with E-state index in [1.807, 2.05) is 0 Å². The molecule has 0 aromatic rings. The number of halogens is 3. The van der Waals surface area contributed by atoms with E-state index in [9.17, 15) is 18.0 Å². The molecule has 2 fully saturated rings. The number of rotatable bonds is 4. The molecule has 6 heteroatoms.